The van der Waals surface area contributed by atoms with Gasteiger partial charge < -0.3 is 0 Å². The fourth-order valence-electron chi connectivity index (χ4n) is 0.939. The fraction of sp³-hybridized carbons (Fsp3) is 0.727. The summed E-state index contributed by atoms with van der Waals surface area (Å²) in [4.78, 5) is 4.18. The monoisotopic (exact) mass is 167 g/mol. The molecule has 0 atom stereocenters. The Morgan fingerprint density at radius 3 is 2.50 bits per heavy atom. The maximum absolute atomic E-state index is 4.18. The molecule has 0 rings (SSSR count). The predicted octanol–water partition coefficient (Wildman–Crippen LogP) is 3.95. The molecule has 0 radical (unpaired) electrons. The van der Waals surface area contributed by atoms with Crippen LogP contribution < -0.4 is 0 Å². The maximum Gasteiger partial charge on any atom is 0.0250 e. The Labute approximate surface area is 76.6 Å². The molecule has 0 saturated carbocycles. The Kier molecular flexibility index (Phi) is 8.09. The average molecular weight is 167 g/mol. The van der Waals surface area contributed by atoms with E-state index in [1.54, 1.807) is 0 Å². The number of rotatable bonds is 6. The summed E-state index contributed by atoms with van der Waals surface area (Å²) in [5, 5.41) is 0. The minimum atomic E-state index is 1.13. The molecule has 1 nitrogen and oxygen atoms in total. The van der Waals surface area contributed by atoms with Crippen molar-refractivity contribution in [2.24, 2.45) is 4.99 Å². The minimum absolute atomic E-state index is 1.13. The first-order chi connectivity index (χ1) is 5.77. The van der Waals surface area contributed by atoms with Gasteiger partial charge in [0.25, 0.3) is 0 Å². The Balaban J connectivity index is 3.19. The summed E-state index contributed by atoms with van der Waals surface area (Å²) in [5.74, 6) is 0. The molecule has 0 heterocycles. The molecule has 0 aromatic rings. The van der Waals surface area contributed by atoms with E-state index in [0.29, 0.717) is 0 Å². The standard InChI is InChI=1S/C11H21N/c1-4-5-6-7-8-9-12-10-11(2)3/h9-10H,4-8H2,1-3H3. The normalized spacial score (nSPS) is 10.6. The van der Waals surface area contributed by atoms with Crippen LogP contribution in [0.2, 0.25) is 0 Å². The Hall–Kier alpha value is -0.590. The molecular weight excluding hydrogens is 146 g/mol. The summed E-state index contributed by atoms with van der Waals surface area (Å²) in [5.41, 5.74) is 1.26. The van der Waals surface area contributed by atoms with Crippen LogP contribution in [0.1, 0.15) is 52.9 Å². The van der Waals surface area contributed by atoms with Crippen molar-refractivity contribution in [3.8, 4) is 0 Å². The van der Waals surface area contributed by atoms with E-state index in [9.17, 15) is 0 Å². The van der Waals surface area contributed by atoms with Gasteiger partial charge in [-0.1, -0.05) is 31.8 Å². The number of aliphatic imine (C=N–C) groups is 1. The molecule has 0 aromatic carbocycles. The second-order valence-electron chi connectivity index (χ2n) is 3.39. The van der Waals surface area contributed by atoms with Gasteiger partial charge in [-0.05, 0) is 26.7 Å². The third kappa shape index (κ3) is 9.41. The van der Waals surface area contributed by atoms with Crippen LogP contribution in [0.15, 0.2) is 16.8 Å². The van der Waals surface area contributed by atoms with Crippen LogP contribution in [-0.4, -0.2) is 6.21 Å². The van der Waals surface area contributed by atoms with Gasteiger partial charge in [-0.15, -0.1) is 0 Å². The molecule has 0 saturated heterocycles. The van der Waals surface area contributed by atoms with Gasteiger partial charge in [-0.25, -0.2) is 0 Å². The highest BCUT2D eigenvalue weighted by Gasteiger charge is 1.83. The second kappa shape index (κ2) is 8.51. The zero-order valence-corrected chi connectivity index (χ0v) is 8.64. The van der Waals surface area contributed by atoms with Crippen molar-refractivity contribution in [2.75, 3.05) is 0 Å². The van der Waals surface area contributed by atoms with Gasteiger partial charge >= 0.3 is 0 Å². The van der Waals surface area contributed by atoms with E-state index >= 15 is 0 Å². The zero-order valence-electron chi connectivity index (χ0n) is 8.64. The predicted molar refractivity (Wildman–Crippen MR) is 56.7 cm³/mol. The summed E-state index contributed by atoms with van der Waals surface area (Å²) in [6.07, 6.45) is 10.4. The SMILES string of the molecule is CCCCCCC=NC=C(C)C. The lowest BCUT2D eigenvalue weighted by Crippen LogP contribution is -1.77. The van der Waals surface area contributed by atoms with Crippen molar-refractivity contribution >= 4 is 6.21 Å². The van der Waals surface area contributed by atoms with Gasteiger partial charge in [0.2, 0.25) is 0 Å². The summed E-state index contributed by atoms with van der Waals surface area (Å²) in [6.45, 7) is 6.36. The van der Waals surface area contributed by atoms with Crippen molar-refractivity contribution < 1.29 is 0 Å². The first-order valence-electron chi connectivity index (χ1n) is 4.92. The molecule has 0 aliphatic heterocycles. The Bertz CT molecular complexity index is 141. The highest BCUT2D eigenvalue weighted by Crippen LogP contribution is 2.00. The van der Waals surface area contributed by atoms with Crippen LogP contribution in [0.5, 0.6) is 0 Å². The smallest absolute Gasteiger partial charge is 0.0250 e. The molecule has 0 aromatic heterocycles. The molecular formula is C11H21N. The molecule has 1 heteroatoms. The van der Waals surface area contributed by atoms with Crippen molar-refractivity contribution in [1.29, 1.82) is 0 Å². The zero-order chi connectivity index (χ0) is 9.23. The molecule has 0 unspecified atom stereocenters. The van der Waals surface area contributed by atoms with E-state index in [0.717, 1.165) is 6.42 Å². The van der Waals surface area contributed by atoms with E-state index in [4.69, 9.17) is 0 Å². The van der Waals surface area contributed by atoms with Gasteiger partial charge in [0.15, 0.2) is 0 Å². The molecule has 70 valence electrons. The van der Waals surface area contributed by atoms with Crippen molar-refractivity contribution in [1.82, 2.24) is 0 Å². The number of hydrogen-bond acceptors (Lipinski definition) is 1. The molecule has 0 aliphatic carbocycles. The molecule has 0 spiro atoms. The van der Waals surface area contributed by atoms with E-state index < -0.39 is 0 Å². The number of hydrogen-bond donors (Lipinski definition) is 0. The number of unbranched alkanes of at least 4 members (excludes halogenated alkanes) is 4. The van der Waals surface area contributed by atoms with Crippen molar-refractivity contribution in [3.63, 3.8) is 0 Å². The molecule has 0 amide bonds. The first-order valence-corrected chi connectivity index (χ1v) is 4.92. The molecule has 0 aliphatic rings. The third-order valence-corrected chi connectivity index (χ3v) is 1.62. The lowest BCUT2D eigenvalue weighted by Gasteiger charge is -1.92. The van der Waals surface area contributed by atoms with Crippen molar-refractivity contribution in [3.05, 3.63) is 11.8 Å². The maximum atomic E-state index is 4.18. The quantitative estimate of drug-likeness (QED) is 0.419. The summed E-state index contributed by atoms with van der Waals surface area (Å²) in [6, 6.07) is 0. The lowest BCUT2D eigenvalue weighted by molar-refractivity contribution is 0.685. The summed E-state index contributed by atoms with van der Waals surface area (Å²) < 4.78 is 0. The van der Waals surface area contributed by atoms with Crippen LogP contribution in [0.3, 0.4) is 0 Å². The summed E-state index contributed by atoms with van der Waals surface area (Å²) in [7, 11) is 0. The number of nitrogens with zero attached hydrogens (tertiary/aromatic N) is 1. The molecule has 0 N–H and O–H groups in total. The first kappa shape index (κ1) is 11.4. The van der Waals surface area contributed by atoms with Crippen LogP contribution in [0, 0.1) is 0 Å². The van der Waals surface area contributed by atoms with E-state index in [2.05, 4.69) is 25.8 Å². The second-order valence-corrected chi connectivity index (χ2v) is 3.39. The van der Waals surface area contributed by atoms with Gasteiger partial charge in [0, 0.05) is 12.4 Å². The van der Waals surface area contributed by atoms with E-state index in [1.165, 1.54) is 31.3 Å². The highest BCUT2D eigenvalue weighted by molar-refractivity contribution is 5.57. The Morgan fingerprint density at radius 1 is 1.17 bits per heavy atom. The lowest BCUT2D eigenvalue weighted by atomic mass is 10.2. The van der Waals surface area contributed by atoms with Gasteiger partial charge in [0.05, 0.1) is 0 Å². The van der Waals surface area contributed by atoms with Crippen LogP contribution in [0.25, 0.3) is 0 Å². The van der Waals surface area contributed by atoms with Crippen LogP contribution in [-0.2, 0) is 0 Å². The van der Waals surface area contributed by atoms with Crippen molar-refractivity contribution in [2.45, 2.75) is 52.9 Å². The highest BCUT2D eigenvalue weighted by atomic mass is 14.7. The number of allylic oxidation sites excluding steroid dienone is 1. The minimum Gasteiger partial charge on any atom is -0.269 e. The summed E-state index contributed by atoms with van der Waals surface area (Å²) >= 11 is 0. The molecule has 0 fully saturated rings. The van der Waals surface area contributed by atoms with E-state index in [-0.39, 0.29) is 0 Å². The van der Waals surface area contributed by atoms with E-state index in [1.807, 2.05) is 12.4 Å². The average Bonchev–Trinajstić information content (AvgIpc) is 2.02. The fourth-order valence-corrected chi connectivity index (χ4v) is 0.939. The third-order valence-electron chi connectivity index (χ3n) is 1.62. The largest absolute Gasteiger partial charge is 0.269 e. The Morgan fingerprint density at radius 2 is 1.92 bits per heavy atom. The topological polar surface area (TPSA) is 12.4 Å². The van der Waals surface area contributed by atoms with Crippen LogP contribution >= 0.6 is 0 Å². The molecule has 0 bridgehead atoms. The van der Waals surface area contributed by atoms with Gasteiger partial charge in [0.1, 0.15) is 0 Å². The molecule has 12 heavy (non-hydrogen) atoms. The van der Waals surface area contributed by atoms with Gasteiger partial charge in [-0.2, -0.15) is 0 Å². The van der Waals surface area contributed by atoms with Crippen LogP contribution in [0.4, 0.5) is 0 Å². The van der Waals surface area contributed by atoms with Gasteiger partial charge in [-0.3, -0.25) is 4.99 Å².